The first-order valence-corrected chi connectivity index (χ1v) is 4.78. The molecule has 1 rings (SSSR count). The molecule has 1 aliphatic rings. The molecule has 1 aliphatic carbocycles. The fourth-order valence-corrected chi connectivity index (χ4v) is 1.66. The predicted octanol–water partition coefficient (Wildman–Crippen LogP) is 4.03. The average Bonchev–Trinajstić information content (AvgIpc) is 2.02. The molecule has 0 atom stereocenters. The van der Waals surface area contributed by atoms with Crippen molar-refractivity contribution in [3.63, 3.8) is 0 Å². The summed E-state index contributed by atoms with van der Waals surface area (Å²) < 4.78 is 0. The minimum atomic E-state index is 0.179. The molecule has 0 bridgehead atoms. The van der Waals surface area contributed by atoms with E-state index in [9.17, 15) is 0 Å². The van der Waals surface area contributed by atoms with Crippen molar-refractivity contribution in [2.75, 3.05) is 0 Å². The Kier molecular flexibility index (Phi) is 2.92. The van der Waals surface area contributed by atoms with Gasteiger partial charge in [0.05, 0.1) is 0 Å². The van der Waals surface area contributed by atoms with Crippen molar-refractivity contribution in [1.29, 1.82) is 0 Å². The van der Waals surface area contributed by atoms with Gasteiger partial charge in [0, 0.05) is 5.41 Å². The van der Waals surface area contributed by atoms with Crippen molar-refractivity contribution in [2.45, 2.75) is 27.7 Å². The van der Waals surface area contributed by atoms with Gasteiger partial charge in [-0.2, -0.15) is 0 Å². The molecule has 0 saturated heterocycles. The van der Waals surface area contributed by atoms with Crippen LogP contribution in [0.25, 0.3) is 0 Å². The van der Waals surface area contributed by atoms with Gasteiger partial charge in [-0.05, 0) is 25.0 Å². The molecule has 0 amide bonds. The third-order valence-corrected chi connectivity index (χ3v) is 2.43. The third-order valence-electron chi connectivity index (χ3n) is 2.43. The minimum Gasteiger partial charge on any atom is -0.0877 e. The van der Waals surface area contributed by atoms with Gasteiger partial charge >= 0.3 is 0 Å². The van der Waals surface area contributed by atoms with Gasteiger partial charge in [0.15, 0.2) is 0 Å². The summed E-state index contributed by atoms with van der Waals surface area (Å²) in [7, 11) is 0. The van der Waals surface area contributed by atoms with Crippen LogP contribution in [0.5, 0.6) is 0 Å². The van der Waals surface area contributed by atoms with Crippen LogP contribution < -0.4 is 0 Å². The van der Waals surface area contributed by atoms with Crippen LogP contribution in [-0.4, -0.2) is 0 Å². The van der Waals surface area contributed by atoms with E-state index >= 15 is 0 Å². The Labute approximate surface area is 81.4 Å². The summed E-state index contributed by atoms with van der Waals surface area (Å²) in [6.07, 6.45) is 12.9. The first-order chi connectivity index (χ1) is 6.08. The van der Waals surface area contributed by atoms with E-state index in [1.807, 2.05) is 6.92 Å². The molecule has 0 heteroatoms. The second-order valence-corrected chi connectivity index (χ2v) is 4.04. The highest BCUT2D eigenvalue weighted by Gasteiger charge is 2.22. The molecular formula is C13H18. The first-order valence-electron chi connectivity index (χ1n) is 4.78. The second kappa shape index (κ2) is 3.78. The molecule has 0 aliphatic heterocycles. The molecule has 0 unspecified atom stereocenters. The van der Waals surface area contributed by atoms with E-state index in [-0.39, 0.29) is 5.41 Å². The number of hydrogen-bond donors (Lipinski definition) is 0. The van der Waals surface area contributed by atoms with E-state index < -0.39 is 0 Å². The Hall–Kier alpha value is -1.04. The zero-order valence-electron chi connectivity index (χ0n) is 8.96. The highest BCUT2D eigenvalue weighted by Crippen LogP contribution is 2.35. The van der Waals surface area contributed by atoms with Crippen LogP contribution in [0.3, 0.4) is 0 Å². The molecule has 0 heterocycles. The summed E-state index contributed by atoms with van der Waals surface area (Å²) in [6, 6.07) is 0. The van der Waals surface area contributed by atoms with Crippen LogP contribution in [0, 0.1) is 5.41 Å². The first kappa shape index (κ1) is 10.0. The standard InChI is InChI=1S/C13H18/c1-5-6-9-12-11(2)8-7-10-13(12,3)4/h5-10H,1-4H3/b6-5+,12-9-. The van der Waals surface area contributed by atoms with Gasteiger partial charge < -0.3 is 0 Å². The Bertz CT molecular complexity index is 296. The van der Waals surface area contributed by atoms with Crippen LogP contribution in [0.1, 0.15) is 27.7 Å². The van der Waals surface area contributed by atoms with Crippen molar-refractivity contribution < 1.29 is 0 Å². The van der Waals surface area contributed by atoms with Gasteiger partial charge in [-0.1, -0.05) is 50.3 Å². The quantitative estimate of drug-likeness (QED) is 0.563. The fourth-order valence-electron chi connectivity index (χ4n) is 1.66. The fraction of sp³-hybridized carbons (Fsp3) is 0.385. The molecule has 0 aromatic rings. The van der Waals surface area contributed by atoms with Gasteiger partial charge in [0.25, 0.3) is 0 Å². The SMILES string of the molecule is C/C=C/C=C1/C(C)=CC=CC1(C)C. The Balaban J connectivity index is 3.06. The molecule has 70 valence electrons. The molecule has 0 nitrogen and oxygen atoms in total. The summed E-state index contributed by atoms with van der Waals surface area (Å²) in [5.41, 5.74) is 2.96. The molecule has 0 aromatic carbocycles. The minimum absolute atomic E-state index is 0.179. The van der Waals surface area contributed by atoms with Crippen LogP contribution in [-0.2, 0) is 0 Å². The predicted molar refractivity (Wildman–Crippen MR) is 59.6 cm³/mol. The van der Waals surface area contributed by atoms with Crippen LogP contribution in [0.15, 0.2) is 47.6 Å². The number of hydrogen-bond acceptors (Lipinski definition) is 0. The van der Waals surface area contributed by atoms with Gasteiger partial charge in [0.2, 0.25) is 0 Å². The molecule has 0 saturated carbocycles. The van der Waals surface area contributed by atoms with Crippen molar-refractivity contribution in [2.24, 2.45) is 5.41 Å². The van der Waals surface area contributed by atoms with Crippen molar-refractivity contribution in [3.05, 3.63) is 47.6 Å². The second-order valence-electron chi connectivity index (χ2n) is 4.04. The van der Waals surface area contributed by atoms with E-state index in [0.717, 1.165) is 0 Å². The van der Waals surface area contributed by atoms with E-state index in [4.69, 9.17) is 0 Å². The summed E-state index contributed by atoms with van der Waals surface area (Å²) in [6.45, 7) is 8.70. The average molecular weight is 174 g/mol. The van der Waals surface area contributed by atoms with Crippen LogP contribution in [0.4, 0.5) is 0 Å². The van der Waals surface area contributed by atoms with Crippen LogP contribution in [0.2, 0.25) is 0 Å². The maximum absolute atomic E-state index is 2.25. The number of allylic oxidation sites excluding steroid dienone is 8. The van der Waals surface area contributed by atoms with E-state index in [1.54, 1.807) is 0 Å². The molecule has 13 heavy (non-hydrogen) atoms. The van der Waals surface area contributed by atoms with E-state index in [1.165, 1.54) is 11.1 Å². The normalized spacial score (nSPS) is 24.0. The molecule has 0 radical (unpaired) electrons. The van der Waals surface area contributed by atoms with Gasteiger partial charge in [-0.25, -0.2) is 0 Å². The summed E-state index contributed by atoms with van der Waals surface area (Å²) in [4.78, 5) is 0. The monoisotopic (exact) mass is 174 g/mol. The van der Waals surface area contributed by atoms with Crippen molar-refractivity contribution in [1.82, 2.24) is 0 Å². The maximum Gasteiger partial charge on any atom is 0.00810 e. The highest BCUT2D eigenvalue weighted by molar-refractivity contribution is 5.45. The Morgan fingerprint density at radius 1 is 1.31 bits per heavy atom. The Morgan fingerprint density at radius 3 is 2.54 bits per heavy atom. The van der Waals surface area contributed by atoms with E-state index in [0.29, 0.717) is 0 Å². The largest absolute Gasteiger partial charge is 0.0877 e. The molecular weight excluding hydrogens is 156 g/mol. The molecule has 0 N–H and O–H groups in total. The van der Waals surface area contributed by atoms with Gasteiger partial charge in [0.1, 0.15) is 0 Å². The van der Waals surface area contributed by atoms with Crippen molar-refractivity contribution in [3.8, 4) is 0 Å². The molecule has 0 aromatic heterocycles. The topological polar surface area (TPSA) is 0 Å². The summed E-state index contributed by atoms with van der Waals surface area (Å²) >= 11 is 0. The third kappa shape index (κ3) is 2.21. The maximum atomic E-state index is 2.25. The lowest BCUT2D eigenvalue weighted by atomic mass is 9.77. The van der Waals surface area contributed by atoms with Crippen molar-refractivity contribution >= 4 is 0 Å². The molecule has 0 spiro atoms. The lowest BCUT2D eigenvalue weighted by Crippen LogP contribution is -2.14. The lowest BCUT2D eigenvalue weighted by molar-refractivity contribution is 0.582. The molecule has 0 fully saturated rings. The zero-order valence-corrected chi connectivity index (χ0v) is 8.96. The van der Waals surface area contributed by atoms with Gasteiger partial charge in [-0.3, -0.25) is 0 Å². The highest BCUT2D eigenvalue weighted by atomic mass is 14.3. The van der Waals surface area contributed by atoms with Crippen LogP contribution >= 0.6 is 0 Å². The summed E-state index contributed by atoms with van der Waals surface area (Å²) in [5, 5.41) is 0. The lowest BCUT2D eigenvalue weighted by Gasteiger charge is -2.27. The smallest absolute Gasteiger partial charge is 0.00810 e. The summed E-state index contributed by atoms with van der Waals surface area (Å²) in [5.74, 6) is 0. The van der Waals surface area contributed by atoms with E-state index in [2.05, 4.69) is 57.2 Å². The Morgan fingerprint density at radius 2 is 2.00 bits per heavy atom. The number of rotatable bonds is 1. The van der Waals surface area contributed by atoms with Gasteiger partial charge in [-0.15, -0.1) is 0 Å². The zero-order chi connectivity index (χ0) is 9.90.